The lowest BCUT2D eigenvalue weighted by Crippen LogP contribution is -2.05. The van der Waals surface area contributed by atoms with Crippen LogP contribution >= 0.6 is 11.8 Å². The van der Waals surface area contributed by atoms with Gasteiger partial charge in [-0.25, -0.2) is 0 Å². The monoisotopic (exact) mass is 339 g/mol. The third-order valence-corrected chi connectivity index (χ3v) is 4.21. The maximum Gasteiger partial charge on any atom is 0.214 e. The van der Waals surface area contributed by atoms with Gasteiger partial charge in [0.25, 0.3) is 0 Å². The summed E-state index contributed by atoms with van der Waals surface area (Å²) in [6.45, 7) is 1.51. The van der Waals surface area contributed by atoms with Crippen molar-refractivity contribution in [3.8, 4) is 5.69 Å². The van der Waals surface area contributed by atoms with Crippen molar-refractivity contribution in [2.75, 3.05) is 5.75 Å². The molecule has 7 nitrogen and oxygen atoms in total. The summed E-state index contributed by atoms with van der Waals surface area (Å²) in [5, 5.41) is 12.1. The van der Waals surface area contributed by atoms with Crippen molar-refractivity contribution in [3.63, 3.8) is 0 Å². The number of rotatable bonds is 6. The first kappa shape index (κ1) is 16.0. The number of benzene rings is 1. The van der Waals surface area contributed by atoms with Crippen LogP contribution in [0.5, 0.6) is 0 Å². The van der Waals surface area contributed by atoms with E-state index in [0.29, 0.717) is 16.3 Å². The van der Waals surface area contributed by atoms with Gasteiger partial charge in [-0.3, -0.25) is 14.6 Å². The summed E-state index contributed by atoms with van der Waals surface area (Å²) in [5.41, 5.74) is 1.94. The van der Waals surface area contributed by atoms with Crippen molar-refractivity contribution < 1.29 is 9.59 Å². The molecule has 2 heterocycles. The minimum atomic E-state index is -0.0242. The first-order chi connectivity index (χ1) is 11.6. The van der Waals surface area contributed by atoms with Crippen LogP contribution in [0.4, 0.5) is 0 Å². The molecule has 1 aromatic carbocycles. The Balaban J connectivity index is 1.73. The van der Waals surface area contributed by atoms with Crippen LogP contribution in [0, 0.1) is 0 Å². The second-order valence-corrected chi connectivity index (χ2v) is 5.87. The van der Waals surface area contributed by atoms with E-state index in [4.69, 9.17) is 0 Å². The molecular formula is C16H13N5O2S. The number of nitrogens with zero attached hydrogens (tertiary/aromatic N) is 5. The molecule has 3 rings (SSSR count). The van der Waals surface area contributed by atoms with E-state index in [1.54, 1.807) is 48.8 Å². The minimum Gasteiger partial charge on any atom is -0.295 e. The number of tetrazole rings is 1. The highest BCUT2D eigenvalue weighted by atomic mass is 32.2. The van der Waals surface area contributed by atoms with E-state index in [-0.39, 0.29) is 17.3 Å². The molecule has 0 saturated heterocycles. The maximum atomic E-state index is 12.1. The van der Waals surface area contributed by atoms with E-state index >= 15 is 0 Å². The zero-order valence-electron chi connectivity index (χ0n) is 12.8. The molecule has 0 fully saturated rings. The fourth-order valence-corrected chi connectivity index (χ4v) is 2.80. The fraction of sp³-hybridized carbons (Fsp3) is 0.125. The summed E-state index contributed by atoms with van der Waals surface area (Å²) in [5.74, 6) is 0.190. The molecule has 0 unspecified atom stereocenters. The molecular weight excluding hydrogens is 326 g/mol. The van der Waals surface area contributed by atoms with Crippen molar-refractivity contribution >= 4 is 23.3 Å². The number of ketones is 2. The second-order valence-electron chi connectivity index (χ2n) is 4.92. The molecule has 0 aliphatic rings. The lowest BCUT2D eigenvalue weighted by molar-refractivity contribution is 0.101. The highest BCUT2D eigenvalue weighted by molar-refractivity contribution is 7.99. The predicted molar refractivity (Wildman–Crippen MR) is 88.5 cm³/mol. The molecule has 8 heteroatoms. The third-order valence-electron chi connectivity index (χ3n) is 3.29. The van der Waals surface area contributed by atoms with Crippen LogP contribution in [-0.2, 0) is 0 Å². The Morgan fingerprint density at radius 3 is 2.42 bits per heavy atom. The van der Waals surface area contributed by atoms with Crippen molar-refractivity contribution in [1.29, 1.82) is 0 Å². The van der Waals surface area contributed by atoms with Crippen LogP contribution in [0.1, 0.15) is 27.6 Å². The number of thioether (sulfide) groups is 1. The highest BCUT2D eigenvalue weighted by Crippen LogP contribution is 2.19. The summed E-state index contributed by atoms with van der Waals surface area (Å²) in [4.78, 5) is 27.4. The normalized spacial score (nSPS) is 10.5. The molecule has 0 saturated carbocycles. The van der Waals surface area contributed by atoms with Gasteiger partial charge in [0, 0.05) is 23.5 Å². The Labute approximate surface area is 142 Å². The van der Waals surface area contributed by atoms with E-state index in [0.717, 1.165) is 5.69 Å². The van der Waals surface area contributed by atoms with Gasteiger partial charge in [-0.1, -0.05) is 11.8 Å². The van der Waals surface area contributed by atoms with E-state index in [2.05, 4.69) is 20.5 Å². The van der Waals surface area contributed by atoms with Gasteiger partial charge in [-0.2, -0.15) is 4.68 Å². The molecule has 0 amide bonds. The van der Waals surface area contributed by atoms with Crippen LogP contribution in [0.25, 0.3) is 5.69 Å². The molecule has 0 spiro atoms. The first-order valence-electron chi connectivity index (χ1n) is 7.11. The van der Waals surface area contributed by atoms with Gasteiger partial charge in [0.2, 0.25) is 5.16 Å². The number of Topliss-reactive ketones (excluding diaryl/α,β-unsaturated/α-hetero) is 2. The lowest BCUT2D eigenvalue weighted by Gasteiger charge is -2.05. The summed E-state index contributed by atoms with van der Waals surface area (Å²) in [6, 6.07) is 10.3. The number of hydrogen-bond acceptors (Lipinski definition) is 7. The molecule has 0 aliphatic carbocycles. The summed E-state index contributed by atoms with van der Waals surface area (Å²) >= 11 is 1.25. The van der Waals surface area contributed by atoms with Gasteiger partial charge in [-0.05, 0) is 53.7 Å². The van der Waals surface area contributed by atoms with Gasteiger partial charge < -0.3 is 0 Å². The smallest absolute Gasteiger partial charge is 0.214 e. The van der Waals surface area contributed by atoms with Gasteiger partial charge >= 0.3 is 0 Å². The van der Waals surface area contributed by atoms with Gasteiger partial charge in [0.15, 0.2) is 11.6 Å². The average molecular weight is 339 g/mol. The Kier molecular flexibility index (Phi) is 4.76. The highest BCUT2D eigenvalue weighted by Gasteiger charge is 2.13. The quantitative estimate of drug-likeness (QED) is 0.502. The van der Waals surface area contributed by atoms with E-state index in [1.807, 2.05) is 0 Å². The zero-order valence-corrected chi connectivity index (χ0v) is 13.6. The molecule has 0 bridgehead atoms. The molecule has 0 aliphatic heterocycles. The molecule has 0 N–H and O–H groups in total. The first-order valence-corrected chi connectivity index (χ1v) is 8.09. The number of carbonyl (C=O) groups is 2. The number of pyridine rings is 1. The summed E-state index contributed by atoms with van der Waals surface area (Å²) in [6.07, 6.45) is 3.16. The molecule has 0 radical (unpaired) electrons. The van der Waals surface area contributed by atoms with Crippen LogP contribution in [-0.4, -0.2) is 42.5 Å². The molecule has 120 valence electrons. The second kappa shape index (κ2) is 7.14. The van der Waals surface area contributed by atoms with E-state index in [1.165, 1.54) is 23.4 Å². The largest absolute Gasteiger partial charge is 0.295 e. The fourth-order valence-electron chi connectivity index (χ4n) is 2.02. The molecule has 2 aromatic heterocycles. The van der Waals surface area contributed by atoms with Crippen LogP contribution in [0.2, 0.25) is 0 Å². The standard InChI is InChI=1S/C16H13N5O2S/c1-11(22)12-2-4-14(5-3-12)21-16(18-19-20-21)24-10-15(23)13-6-8-17-9-7-13/h2-9H,10H2,1H3. The number of aromatic nitrogens is 5. The van der Waals surface area contributed by atoms with Crippen molar-refractivity contribution in [3.05, 3.63) is 59.9 Å². The number of hydrogen-bond donors (Lipinski definition) is 0. The number of carbonyl (C=O) groups excluding carboxylic acids is 2. The Morgan fingerprint density at radius 1 is 1.04 bits per heavy atom. The Bertz CT molecular complexity index is 862. The topological polar surface area (TPSA) is 90.6 Å². The van der Waals surface area contributed by atoms with Gasteiger partial charge in [0.05, 0.1) is 11.4 Å². The third kappa shape index (κ3) is 3.54. The average Bonchev–Trinajstić information content (AvgIpc) is 3.09. The lowest BCUT2D eigenvalue weighted by atomic mass is 10.1. The van der Waals surface area contributed by atoms with Crippen LogP contribution < -0.4 is 0 Å². The van der Waals surface area contributed by atoms with Crippen molar-refractivity contribution in [1.82, 2.24) is 25.2 Å². The van der Waals surface area contributed by atoms with Crippen molar-refractivity contribution in [2.45, 2.75) is 12.1 Å². The molecule has 24 heavy (non-hydrogen) atoms. The SMILES string of the molecule is CC(=O)c1ccc(-n2nnnc2SCC(=O)c2ccncc2)cc1. The van der Waals surface area contributed by atoms with E-state index in [9.17, 15) is 9.59 Å². The Hall–Kier alpha value is -2.87. The Morgan fingerprint density at radius 2 is 1.75 bits per heavy atom. The molecule has 3 aromatic rings. The summed E-state index contributed by atoms with van der Waals surface area (Å²) in [7, 11) is 0. The van der Waals surface area contributed by atoms with Crippen molar-refractivity contribution in [2.24, 2.45) is 0 Å². The van der Waals surface area contributed by atoms with Gasteiger partial charge in [-0.15, -0.1) is 5.10 Å². The minimum absolute atomic E-state index is 0.00388. The van der Waals surface area contributed by atoms with Gasteiger partial charge in [0.1, 0.15) is 0 Å². The molecule has 0 atom stereocenters. The van der Waals surface area contributed by atoms with Crippen LogP contribution in [0.3, 0.4) is 0 Å². The van der Waals surface area contributed by atoms with Crippen LogP contribution in [0.15, 0.2) is 53.9 Å². The summed E-state index contributed by atoms with van der Waals surface area (Å²) < 4.78 is 1.54. The predicted octanol–water partition coefficient (Wildman–Crippen LogP) is 2.23. The zero-order chi connectivity index (χ0) is 16.9. The van der Waals surface area contributed by atoms with E-state index < -0.39 is 0 Å². The maximum absolute atomic E-state index is 12.1.